The van der Waals surface area contributed by atoms with Gasteiger partial charge in [0.15, 0.2) is 11.5 Å². The summed E-state index contributed by atoms with van der Waals surface area (Å²) < 4.78 is 15.7. The molecular weight excluding hydrogens is 284 g/mol. The first kappa shape index (κ1) is 16.0. The van der Waals surface area contributed by atoms with Crippen molar-refractivity contribution in [2.75, 3.05) is 25.7 Å². The highest BCUT2D eigenvalue weighted by atomic mass is 16.6. The van der Waals surface area contributed by atoms with Crippen LogP contribution in [0.2, 0.25) is 0 Å². The third-order valence-electron chi connectivity index (χ3n) is 3.81. The smallest absolute Gasteiger partial charge is 0.414 e. The highest BCUT2D eigenvalue weighted by Crippen LogP contribution is 2.44. The van der Waals surface area contributed by atoms with Gasteiger partial charge in [0.2, 0.25) is 0 Å². The number of carbonyl (C=O) groups excluding carboxylic acids is 1. The van der Waals surface area contributed by atoms with E-state index in [1.807, 2.05) is 6.92 Å². The SMILES string of the molecule is CCOC(=O)N1c2cc(OC)c(OC)cc2[C@@H](C#N)C[C@@H]1C. The molecule has 1 heterocycles. The van der Waals surface area contributed by atoms with Gasteiger partial charge >= 0.3 is 6.09 Å². The summed E-state index contributed by atoms with van der Waals surface area (Å²) in [7, 11) is 3.08. The molecule has 0 spiro atoms. The molecule has 0 unspecified atom stereocenters. The summed E-state index contributed by atoms with van der Waals surface area (Å²) in [5.74, 6) is 0.761. The molecule has 22 heavy (non-hydrogen) atoms. The zero-order valence-corrected chi connectivity index (χ0v) is 13.3. The minimum atomic E-state index is -0.417. The molecule has 1 aliphatic rings. The van der Waals surface area contributed by atoms with Crippen molar-refractivity contribution in [3.63, 3.8) is 0 Å². The lowest BCUT2D eigenvalue weighted by atomic mass is 9.87. The first-order chi connectivity index (χ1) is 10.6. The summed E-state index contributed by atoms with van der Waals surface area (Å²) in [6, 6.07) is 5.66. The summed E-state index contributed by atoms with van der Waals surface area (Å²) >= 11 is 0. The molecule has 1 aromatic carbocycles. The fourth-order valence-electron chi connectivity index (χ4n) is 2.78. The average Bonchev–Trinajstić information content (AvgIpc) is 2.52. The van der Waals surface area contributed by atoms with Gasteiger partial charge in [0.25, 0.3) is 0 Å². The summed E-state index contributed by atoms with van der Waals surface area (Å²) in [4.78, 5) is 13.8. The van der Waals surface area contributed by atoms with E-state index in [4.69, 9.17) is 14.2 Å². The van der Waals surface area contributed by atoms with E-state index in [0.29, 0.717) is 30.2 Å². The van der Waals surface area contributed by atoms with Gasteiger partial charge in [0, 0.05) is 12.1 Å². The summed E-state index contributed by atoms with van der Waals surface area (Å²) in [5, 5.41) is 9.42. The van der Waals surface area contributed by atoms with Crippen LogP contribution in [0.25, 0.3) is 0 Å². The first-order valence-electron chi connectivity index (χ1n) is 7.18. The molecule has 0 aromatic heterocycles. The summed E-state index contributed by atoms with van der Waals surface area (Å²) in [5.41, 5.74) is 1.40. The summed E-state index contributed by atoms with van der Waals surface area (Å²) in [6.07, 6.45) is 0.137. The maximum absolute atomic E-state index is 12.3. The first-order valence-corrected chi connectivity index (χ1v) is 7.18. The van der Waals surface area contributed by atoms with Crippen LogP contribution < -0.4 is 14.4 Å². The van der Waals surface area contributed by atoms with Gasteiger partial charge in [-0.05, 0) is 31.9 Å². The number of nitriles is 1. The van der Waals surface area contributed by atoms with E-state index in [9.17, 15) is 10.1 Å². The average molecular weight is 304 g/mol. The maximum atomic E-state index is 12.3. The Labute approximate surface area is 130 Å². The van der Waals surface area contributed by atoms with Crippen molar-refractivity contribution in [3.8, 4) is 17.6 Å². The fraction of sp³-hybridized carbons (Fsp3) is 0.500. The number of rotatable bonds is 3. The molecular formula is C16H20N2O4. The Bertz CT molecular complexity index is 609. The second kappa shape index (κ2) is 6.56. The van der Waals surface area contributed by atoms with Crippen molar-refractivity contribution in [2.24, 2.45) is 0 Å². The van der Waals surface area contributed by atoms with E-state index in [0.717, 1.165) is 5.56 Å². The van der Waals surface area contributed by atoms with Gasteiger partial charge in [-0.1, -0.05) is 0 Å². The predicted octanol–water partition coefficient (Wildman–Crippen LogP) is 3.07. The number of carbonyl (C=O) groups is 1. The third kappa shape index (κ3) is 2.67. The minimum absolute atomic E-state index is 0.130. The van der Waals surface area contributed by atoms with Crippen LogP contribution in [0.15, 0.2) is 12.1 Å². The largest absolute Gasteiger partial charge is 0.493 e. The molecule has 0 radical (unpaired) electrons. The number of fused-ring (bicyclic) bond motifs is 1. The van der Waals surface area contributed by atoms with Crippen LogP contribution >= 0.6 is 0 Å². The number of benzene rings is 1. The second-order valence-corrected chi connectivity index (χ2v) is 5.10. The van der Waals surface area contributed by atoms with E-state index in [1.54, 1.807) is 31.1 Å². The van der Waals surface area contributed by atoms with Crippen molar-refractivity contribution in [1.82, 2.24) is 0 Å². The topological polar surface area (TPSA) is 71.8 Å². The van der Waals surface area contributed by atoms with E-state index in [-0.39, 0.29) is 12.0 Å². The Morgan fingerprint density at radius 1 is 1.36 bits per heavy atom. The van der Waals surface area contributed by atoms with Gasteiger partial charge in [-0.15, -0.1) is 0 Å². The molecule has 1 aliphatic heterocycles. The quantitative estimate of drug-likeness (QED) is 0.858. The van der Waals surface area contributed by atoms with Crippen LogP contribution in [0.3, 0.4) is 0 Å². The Kier molecular flexibility index (Phi) is 4.76. The molecule has 2 rings (SSSR count). The Morgan fingerprint density at radius 3 is 2.55 bits per heavy atom. The zero-order valence-electron chi connectivity index (χ0n) is 13.3. The lowest BCUT2D eigenvalue weighted by Crippen LogP contribution is -2.43. The molecule has 0 aliphatic carbocycles. The van der Waals surface area contributed by atoms with Crippen molar-refractivity contribution < 1.29 is 19.0 Å². The maximum Gasteiger partial charge on any atom is 0.414 e. The van der Waals surface area contributed by atoms with Crippen molar-refractivity contribution >= 4 is 11.8 Å². The van der Waals surface area contributed by atoms with Crippen molar-refractivity contribution in [3.05, 3.63) is 17.7 Å². The zero-order chi connectivity index (χ0) is 16.3. The lowest BCUT2D eigenvalue weighted by molar-refractivity contribution is 0.156. The van der Waals surface area contributed by atoms with E-state index in [1.165, 1.54) is 7.11 Å². The Hall–Kier alpha value is -2.42. The number of hydrogen-bond donors (Lipinski definition) is 0. The Morgan fingerprint density at radius 2 is 2.00 bits per heavy atom. The van der Waals surface area contributed by atoms with Crippen LogP contribution in [-0.4, -0.2) is 33.0 Å². The lowest BCUT2D eigenvalue weighted by Gasteiger charge is -2.36. The van der Waals surface area contributed by atoms with Crippen LogP contribution in [-0.2, 0) is 4.74 Å². The van der Waals surface area contributed by atoms with Crippen LogP contribution in [0.1, 0.15) is 31.7 Å². The molecule has 0 saturated carbocycles. The molecule has 118 valence electrons. The fourth-order valence-corrected chi connectivity index (χ4v) is 2.78. The van der Waals surface area contributed by atoms with E-state index >= 15 is 0 Å². The van der Waals surface area contributed by atoms with Crippen LogP contribution in [0, 0.1) is 11.3 Å². The summed E-state index contributed by atoms with van der Waals surface area (Å²) in [6.45, 7) is 3.97. The normalized spacial score (nSPS) is 19.9. The number of hydrogen-bond acceptors (Lipinski definition) is 5. The van der Waals surface area contributed by atoms with Gasteiger partial charge in [0.1, 0.15) is 0 Å². The number of nitrogens with zero attached hydrogens (tertiary/aromatic N) is 2. The highest BCUT2D eigenvalue weighted by Gasteiger charge is 2.36. The van der Waals surface area contributed by atoms with Crippen molar-refractivity contribution in [1.29, 1.82) is 5.26 Å². The predicted molar refractivity (Wildman–Crippen MR) is 81.5 cm³/mol. The van der Waals surface area contributed by atoms with E-state index < -0.39 is 6.09 Å². The van der Waals surface area contributed by atoms with Gasteiger partial charge in [-0.2, -0.15) is 5.26 Å². The molecule has 0 saturated heterocycles. The minimum Gasteiger partial charge on any atom is -0.493 e. The van der Waals surface area contributed by atoms with Gasteiger partial charge in [0.05, 0.1) is 38.5 Å². The molecule has 6 heteroatoms. The van der Waals surface area contributed by atoms with Crippen LogP contribution in [0.4, 0.5) is 10.5 Å². The van der Waals surface area contributed by atoms with Gasteiger partial charge in [-0.3, -0.25) is 4.90 Å². The number of methoxy groups -OCH3 is 2. The standard InChI is InChI=1S/C16H20N2O4/c1-5-22-16(19)18-10(2)6-11(9-17)12-7-14(20-3)15(21-4)8-13(12)18/h7-8,10-11H,5-6H2,1-4H3/t10-,11+/m0/s1. The van der Waals surface area contributed by atoms with Crippen molar-refractivity contribution in [2.45, 2.75) is 32.2 Å². The number of ether oxygens (including phenoxy) is 3. The molecule has 2 atom stereocenters. The highest BCUT2D eigenvalue weighted by molar-refractivity contribution is 5.91. The molecule has 0 N–H and O–H groups in total. The molecule has 1 aromatic rings. The molecule has 6 nitrogen and oxygen atoms in total. The van der Waals surface area contributed by atoms with Gasteiger partial charge < -0.3 is 14.2 Å². The second-order valence-electron chi connectivity index (χ2n) is 5.10. The molecule has 0 fully saturated rings. The number of amides is 1. The third-order valence-corrected chi connectivity index (χ3v) is 3.81. The van der Waals surface area contributed by atoms with Gasteiger partial charge in [-0.25, -0.2) is 4.79 Å². The molecule has 1 amide bonds. The van der Waals surface area contributed by atoms with Crippen LogP contribution in [0.5, 0.6) is 11.5 Å². The Balaban J connectivity index is 2.59. The molecule has 0 bridgehead atoms. The monoisotopic (exact) mass is 304 g/mol. The number of anilines is 1. The van der Waals surface area contributed by atoms with E-state index in [2.05, 4.69) is 6.07 Å².